The predicted molar refractivity (Wildman–Crippen MR) is 87.5 cm³/mol. The molecule has 0 aliphatic carbocycles. The van der Waals surface area contributed by atoms with Crippen LogP contribution in [0.1, 0.15) is 0 Å². The maximum absolute atomic E-state index is 6.00. The molecule has 0 amide bonds. The van der Waals surface area contributed by atoms with E-state index < -0.39 is 0 Å². The maximum atomic E-state index is 6.00. The minimum absolute atomic E-state index is 0.241. The van der Waals surface area contributed by atoms with E-state index in [-0.39, 0.29) is 5.28 Å². The number of rotatable bonds is 2. The molecule has 0 unspecified atom stereocenters. The van der Waals surface area contributed by atoms with E-state index >= 15 is 0 Å². The number of thiophene rings is 1. The summed E-state index contributed by atoms with van der Waals surface area (Å²) in [4.78, 5) is 13.6. The Morgan fingerprint density at radius 1 is 1.05 bits per heavy atom. The molecule has 0 fully saturated rings. The van der Waals surface area contributed by atoms with Crippen molar-refractivity contribution in [3.63, 3.8) is 0 Å². The van der Waals surface area contributed by atoms with Gasteiger partial charge in [-0.3, -0.25) is 4.98 Å². The van der Waals surface area contributed by atoms with Gasteiger partial charge < -0.3 is 5.32 Å². The van der Waals surface area contributed by atoms with Crippen molar-refractivity contribution in [1.82, 2.24) is 15.0 Å². The van der Waals surface area contributed by atoms with Gasteiger partial charge in [0.2, 0.25) is 5.28 Å². The van der Waals surface area contributed by atoms with E-state index in [1.807, 2.05) is 35.8 Å². The summed E-state index contributed by atoms with van der Waals surface area (Å²) >= 11 is 7.54. The molecule has 1 aromatic carbocycles. The molecule has 0 aliphatic heterocycles. The highest BCUT2D eigenvalue weighted by molar-refractivity contribution is 7.16. The zero-order chi connectivity index (χ0) is 14.2. The van der Waals surface area contributed by atoms with Gasteiger partial charge >= 0.3 is 0 Å². The van der Waals surface area contributed by atoms with E-state index in [9.17, 15) is 0 Å². The van der Waals surface area contributed by atoms with Gasteiger partial charge in [-0.15, -0.1) is 11.3 Å². The molecule has 0 aliphatic rings. The summed E-state index contributed by atoms with van der Waals surface area (Å²) in [5, 5.41) is 8.69. The number of aromatic nitrogens is 3. The topological polar surface area (TPSA) is 50.7 Å². The van der Waals surface area contributed by atoms with Crippen molar-refractivity contribution in [2.75, 3.05) is 5.32 Å². The Balaban J connectivity index is 1.89. The van der Waals surface area contributed by atoms with Gasteiger partial charge in [0.15, 0.2) is 0 Å². The molecule has 4 aromatic rings. The first-order chi connectivity index (χ1) is 10.3. The third-order valence-corrected chi connectivity index (χ3v) is 4.21. The number of hydrogen-bond donors (Lipinski definition) is 1. The largest absolute Gasteiger partial charge is 0.339 e. The lowest BCUT2D eigenvalue weighted by Crippen LogP contribution is -1.96. The van der Waals surface area contributed by atoms with Gasteiger partial charge in [-0.25, -0.2) is 4.98 Å². The van der Waals surface area contributed by atoms with Crippen LogP contribution in [0.25, 0.3) is 21.0 Å². The Morgan fingerprint density at radius 2 is 2.00 bits per heavy atom. The monoisotopic (exact) mass is 312 g/mol. The highest BCUT2D eigenvalue weighted by Crippen LogP contribution is 2.31. The highest BCUT2D eigenvalue weighted by atomic mass is 35.5. The Bertz CT molecular complexity index is 945. The fraction of sp³-hybridized carbons (Fsp3) is 0. The smallest absolute Gasteiger partial charge is 0.225 e. The van der Waals surface area contributed by atoms with Crippen LogP contribution in [0.3, 0.4) is 0 Å². The normalized spacial score (nSPS) is 11.1. The fourth-order valence-electron chi connectivity index (χ4n) is 2.27. The van der Waals surface area contributed by atoms with Crippen LogP contribution in [-0.4, -0.2) is 15.0 Å². The average Bonchev–Trinajstić information content (AvgIpc) is 2.96. The maximum Gasteiger partial charge on any atom is 0.225 e. The molecule has 3 heterocycles. The van der Waals surface area contributed by atoms with Crippen molar-refractivity contribution in [2.24, 2.45) is 0 Å². The predicted octanol–water partition coefficient (Wildman–Crippen LogP) is 4.64. The van der Waals surface area contributed by atoms with Crippen molar-refractivity contribution >= 4 is 55.4 Å². The van der Waals surface area contributed by atoms with E-state index in [2.05, 4.69) is 26.3 Å². The van der Waals surface area contributed by atoms with Crippen LogP contribution in [0.5, 0.6) is 0 Å². The number of anilines is 2. The zero-order valence-electron chi connectivity index (χ0n) is 10.7. The molecule has 4 nitrogen and oxygen atoms in total. The van der Waals surface area contributed by atoms with Crippen LogP contribution in [0.2, 0.25) is 5.28 Å². The molecule has 1 N–H and O–H groups in total. The van der Waals surface area contributed by atoms with Gasteiger partial charge in [-0.05, 0) is 40.6 Å². The van der Waals surface area contributed by atoms with Crippen LogP contribution >= 0.6 is 22.9 Å². The third-order valence-electron chi connectivity index (χ3n) is 3.23. The minimum atomic E-state index is 0.241. The molecule has 3 aromatic heterocycles. The number of benzene rings is 1. The lowest BCUT2D eigenvalue weighted by molar-refractivity contribution is 1.23. The molecule has 4 rings (SSSR count). The van der Waals surface area contributed by atoms with E-state index in [1.165, 1.54) is 0 Å². The van der Waals surface area contributed by atoms with Gasteiger partial charge in [0.25, 0.3) is 0 Å². The molecular formula is C15H9ClN4S. The summed E-state index contributed by atoms with van der Waals surface area (Å²) in [6, 6.07) is 10.0. The summed E-state index contributed by atoms with van der Waals surface area (Å²) in [5.74, 6) is 0.711. The summed E-state index contributed by atoms with van der Waals surface area (Å²) < 4.78 is 0. The molecule has 21 heavy (non-hydrogen) atoms. The molecule has 0 bridgehead atoms. The number of hydrogen-bond acceptors (Lipinski definition) is 5. The van der Waals surface area contributed by atoms with E-state index in [0.29, 0.717) is 5.82 Å². The Kier molecular flexibility index (Phi) is 2.94. The van der Waals surface area contributed by atoms with Gasteiger partial charge in [0, 0.05) is 23.5 Å². The van der Waals surface area contributed by atoms with Gasteiger partial charge in [0.05, 0.1) is 5.39 Å². The second-order valence-corrected chi connectivity index (χ2v) is 5.74. The van der Waals surface area contributed by atoms with Gasteiger partial charge in [0.1, 0.15) is 10.6 Å². The summed E-state index contributed by atoms with van der Waals surface area (Å²) in [6.07, 6.45) is 3.62. The third kappa shape index (κ3) is 2.20. The Labute approximate surface area is 129 Å². The Hall–Kier alpha value is -2.24. The lowest BCUT2D eigenvalue weighted by atomic mass is 10.1. The van der Waals surface area contributed by atoms with Crippen LogP contribution in [0.4, 0.5) is 11.5 Å². The van der Waals surface area contributed by atoms with Crippen molar-refractivity contribution in [3.8, 4) is 0 Å². The molecule has 0 saturated heterocycles. The van der Waals surface area contributed by atoms with E-state index in [4.69, 9.17) is 11.6 Å². The molecule has 0 radical (unpaired) electrons. The highest BCUT2D eigenvalue weighted by Gasteiger charge is 2.09. The van der Waals surface area contributed by atoms with Crippen LogP contribution < -0.4 is 5.32 Å². The molecule has 102 valence electrons. The van der Waals surface area contributed by atoms with Crippen molar-refractivity contribution in [2.45, 2.75) is 0 Å². The second kappa shape index (κ2) is 4.95. The Morgan fingerprint density at radius 3 is 2.95 bits per heavy atom. The molecule has 6 heteroatoms. The first-order valence-corrected chi connectivity index (χ1v) is 7.57. The van der Waals surface area contributed by atoms with Crippen molar-refractivity contribution < 1.29 is 0 Å². The summed E-state index contributed by atoms with van der Waals surface area (Å²) in [5.41, 5.74) is 0.947. The fourth-order valence-corrected chi connectivity index (χ4v) is 3.26. The minimum Gasteiger partial charge on any atom is -0.339 e. The number of pyridine rings is 1. The average molecular weight is 313 g/mol. The molecule has 0 spiro atoms. The molecular weight excluding hydrogens is 304 g/mol. The number of nitrogens with one attached hydrogen (secondary N) is 1. The number of nitrogens with zero attached hydrogens (tertiary/aromatic N) is 3. The van der Waals surface area contributed by atoms with Crippen molar-refractivity contribution in [1.29, 1.82) is 0 Å². The summed E-state index contributed by atoms with van der Waals surface area (Å²) in [7, 11) is 0. The van der Waals surface area contributed by atoms with E-state index in [0.717, 1.165) is 26.7 Å². The van der Waals surface area contributed by atoms with Crippen LogP contribution in [-0.2, 0) is 0 Å². The SMILES string of the molecule is Clc1nc(Nc2cccc3ccncc23)c2ccsc2n1. The summed E-state index contributed by atoms with van der Waals surface area (Å²) in [6.45, 7) is 0. The van der Waals surface area contributed by atoms with E-state index in [1.54, 1.807) is 17.5 Å². The lowest BCUT2D eigenvalue weighted by Gasteiger charge is -2.09. The van der Waals surface area contributed by atoms with Crippen LogP contribution in [0, 0.1) is 0 Å². The second-order valence-electron chi connectivity index (χ2n) is 4.51. The quantitative estimate of drug-likeness (QED) is 0.548. The molecule has 0 saturated carbocycles. The number of halogens is 1. The van der Waals surface area contributed by atoms with Gasteiger partial charge in [-0.2, -0.15) is 4.98 Å². The first kappa shape index (κ1) is 12.5. The zero-order valence-corrected chi connectivity index (χ0v) is 12.3. The standard InChI is InChI=1S/C15H9ClN4S/c16-15-19-13(10-5-7-21-14(10)20-15)18-12-3-1-2-9-4-6-17-8-11(9)12/h1-8H,(H,18,19,20). The first-order valence-electron chi connectivity index (χ1n) is 6.32. The number of fused-ring (bicyclic) bond motifs is 2. The van der Waals surface area contributed by atoms with Gasteiger partial charge in [-0.1, -0.05) is 12.1 Å². The van der Waals surface area contributed by atoms with Crippen LogP contribution in [0.15, 0.2) is 48.1 Å². The van der Waals surface area contributed by atoms with Crippen molar-refractivity contribution in [3.05, 3.63) is 53.4 Å². The molecule has 0 atom stereocenters.